The lowest BCUT2D eigenvalue weighted by Gasteiger charge is -2.11. The molecule has 0 aliphatic heterocycles. The largest absolute Gasteiger partial charge is 0.430 e. The molecule has 0 amide bonds. The van der Waals surface area contributed by atoms with Gasteiger partial charge in [-0.05, 0) is 37.5 Å². The molecule has 2 aromatic rings. The van der Waals surface area contributed by atoms with E-state index in [0.29, 0.717) is 16.4 Å². The number of hydrogen-bond acceptors (Lipinski definition) is 4. The van der Waals surface area contributed by atoms with Gasteiger partial charge >= 0.3 is 0 Å². The molecule has 0 saturated heterocycles. The Bertz CT molecular complexity index is 607. The minimum Gasteiger partial charge on any atom is -0.430 e. The second kappa shape index (κ2) is 5.08. The summed E-state index contributed by atoms with van der Waals surface area (Å²) in [6.07, 6.45) is 0.683. The third-order valence-electron chi connectivity index (χ3n) is 2.76. The van der Waals surface area contributed by atoms with Crippen LogP contribution in [0.2, 0.25) is 5.15 Å². The van der Waals surface area contributed by atoms with Crippen LogP contribution in [0.4, 0.5) is 0 Å². The fourth-order valence-electron chi connectivity index (χ4n) is 1.58. The molecule has 1 aromatic heterocycles. The first-order chi connectivity index (χ1) is 8.52. The summed E-state index contributed by atoms with van der Waals surface area (Å²) in [4.78, 5) is 15.1. The van der Waals surface area contributed by atoms with E-state index in [1.165, 1.54) is 0 Å². The van der Waals surface area contributed by atoms with Crippen molar-refractivity contribution in [3.05, 3.63) is 38.9 Å². The summed E-state index contributed by atoms with van der Waals surface area (Å²) in [5.41, 5.74) is 3.24. The highest BCUT2D eigenvalue weighted by Crippen LogP contribution is 2.34. The van der Waals surface area contributed by atoms with Crippen LogP contribution in [0.15, 0.2) is 12.1 Å². The molecule has 94 valence electrons. The highest BCUT2D eigenvalue weighted by Gasteiger charge is 2.13. The van der Waals surface area contributed by atoms with E-state index < -0.39 is 0 Å². The fourth-order valence-corrected chi connectivity index (χ4v) is 2.50. The molecule has 18 heavy (non-hydrogen) atoms. The lowest BCUT2D eigenvalue weighted by molar-refractivity contribution is 0.112. The topological polar surface area (TPSA) is 39.2 Å². The van der Waals surface area contributed by atoms with E-state index in [2.05, 4.69) is 4.98 Å². The Hall–Kier alpha value is -1.39. The summed E-state index contributed by atoms with van der Waals surface area (Å²) in [6.45, 7) is 5.98. The van der Waals surface area contributed by atoms with Crippen molar-refractivity contribution in [3.8, 4) is 10.9 Å². The number of nitrogens with zero attached hydrogens (tertiary/aromatic N) is 1. The SMILES string of the molecule is Cc1ccc(C)c(Oc2nc(Cl)c(C=O)s2)c1C. The Balaban J connectivity index is 2.39. The number of aldehydes is 1. The number of halogens is 1. The van der Waals surface area contributed by atoms with Crippen molar-refractivity contribution in [2.75, 3.05) is 0 Å². The van der Waals surface area contributed by atoms with Gasteiger partial charge in [-0.15, -0.1) is 0 Å². The number of hydrogen-bond donors (Lipinski definition) is 0. The lowest BCUT2D eigenvalue weighted by Crippen LogP contribution is -1.92. The van der Waals surface area contributed by atoms with E-state index in [0.717, 1.165) is 33.8 Å². The summed E-state index contributed by atoms with van der Waals surface area (Å²) >= 11 is 6.95. The molecule has 0 aliphatic carbocycles. The molecule has 5 heteroatoms. The molecule has 0 radical (unpaired) electrons. The van der Waals surface area contributed by atoms with Crippen LogP contribution in [0.25, 0.3) is 0 Å². The Kier molecular flexibility index (Phi) is 3.68. The Labute approximate surface area is 114 Å². The second-order valence-corrected chi connectivity index (χ2v) is 5.36. The Morgan fingerprint density at radius 3 is 2.56 bits per heavy atom. The first-order valence-electron chi connectivity index (χ1n) is 5.39. The van der Waals surface area contributed by atoms with Crippen LogP contribution in [0.1, 0.15) is 26.4 Å². The van der Waals surface area contributed by atoms with Crippen molar-refractivity contribution in [1.82, 2.24) is 4.98 Å². The molecule has 0 bridgehead atoms. The molecule has 3 nitrogen and oxygen atoms in total. The van der Waals surface area contributed by atoms with Crippen molar-refractivity contribution in [1.29, 1.82) is 0 Å². The highest BCUT2D eigenvalue weighted by molar-refractivity contribution is 7.15. The van der Waals surface area contributed by atoms with Gasteiger partial charge in [0.2, 0.25) is 0 Å². The van der Waals surface area contributed by atoms with E-state index in [1.54, 1.807) is 0 Å². The van der Waals surface area contributed by atoms with Gasteiger partial charge in [-0.25, -0.2) is 0 Å². The summed E-state index contributed by atoms with van der Waals surface area (Å²) in [5, 5.41) is 0.576. The average molecular weight is 282 g/mol. The summed E-state index contributed by atoms with van der Waals surface area (Å²) in [5.74, 6) is 0.776. The normalized spacial score (nSPS) is 10.4. The third-order valence-corrected chi connectivity index (χ3v) is 4.02. The van der Waals surface area contributed by atoms with Gasteiger partial charge in [0.25, 0.3) is 5.19 Å². The molecule has 0 fully saturated rings. The zero-order valence-electron chi connectivity index (χ0n) is 10.3. The van der Waals surface area contributed by atoms with Gasteiger partial charge in [0.15, 0.2) is 11.4 Å². The maximum atomic E-state index is 10.7. The molecule has 0 saturated carbocycles. The minimum absolute atomic E-state index is 0.188. The molecule has 1 heterocycles. The Morgan fingerprint density at radius 2 is 1.94 bits per heavy atom. The standard InChI is InChI=1S/C13H12ClNO2S/c1-7-4-5-8(2)11(9(7)3)17-13-15-12(14)10(6-16)18-13/h4-6H,1-3H3. The van der Waals surface area contributed by atoms with Gasteiger partial charge in [-0.3, -0.25) is 4.79 Å². The molecular weight excluding hydrogens is 270 g/mol. The van der Waals surface area contributed by atoms with Gasteiger partial charge in [0, 0.05) is 0 Å². The lowest BCUT2D eigenvalue weighted by atomic mass is 10.1. The Morgan fingerprint density at radius 1 is 1.28 bits per heavy atom. The van der Waals surface area contributed by atoms with E-state index in [9.17, 15) is 4.79 Å². The second-order valence-electron chi connectivity index (χ2n) is 4.01. The first-order valence-corrected chi connectivity index (χ1v) is 6.58. The number of thiazole rings is 1. The van der Waals surface area contributed by atoms with Crippen molar-refractivity contribution >= 4 is 29.2 Å². The molecule has 0 N–H and O–H groups in total. The van der Waals surface area contributed by atoms with E-state index in [4.69, 9.17) is 16.3 Å². The van der Waals surface area contributed by atoms with E-state index in [1.807, 2.05) is 32.9 Å². The molecule has 0 unspecified atom stereocenters. The van der Waals surface area contributed by atoms with E-state index in [-0.39, 0.29) is 5.15 Å². The van der Waals surface area contributed by atoms with Crippen molar-refractivity contribution in [3.63, 3.8) is 0 Å². The predicted molar refractivity (Wildman–Crippen MR) is 73.2 cm³/mol. The van der Waals surface area contributed by atoms with Crippen LogP contribution < -0.4 is 4.74 Å². The number of carbonyl (C=O) groups excluding carboxylic acids is 1. The molecule has 2 rings (SSSR count). The van der Waals surface area contributed by atoms with Crippen LogP contribution in [0, 0.1) is 20.8 Å². The van der Waals surface area contributed by atoms with Crippen molar-refractivity contribution in [2.24, 2.45) is 0 Å². The van der Waals surface area contributed by atoms with Gasteiger partial charge in [-0.1, -0.05) is 35.1 Å². The smallest absolute Gasteiger partial charge is 0.280 e. The third kappa shape index (κ3) is 2.40. The number of aromatic nitrogens is 1. The fraction of sp³-hybridized carbons (Fsp3) is 0.231. The van der Waals surface area contributed by atoms with Gasteiger partial charge in [-0.2, -0.15) is 4.98 Å². The maximum Gasteiger partial charge on any atom is 0.280 e. The van der Waals surface area contributed by atoms with Crippen LogP contribution >= 0.6 is 22.9 Å². The average Bonchev–Trinajstić information content (AvgIpc) is 2.70. The number of ether oxygens (including phenoxy) is 1. The van der Waals surface area contributed by atoms with Crippen LogP contribution in [-0.4, -0.2) is 11.3 Å². The monoisotopic (exact) mass is 281 g/mol. The number of benzene rings is 1. The first kappa shape index (κ1) is 13.1. The van der Waals surface area contributed by atoms with Crippen molar-refractivity contribution < 1.29 is 9.53 Å². The van der Waals surface area contributed by atoms with Crippen LogP contribution in [0.3, 0.4) is 0 Å². The minimum atomic E-state index is 0.188. The molecule has 0 aliphatic rings. The predicted octanol–water partition coefficient (Wildman–Crippen LogP) is 4.33. The molecule has 1 aromatic carbocycles. The molecular formula is C13H12ClNO2S. The highest BCUT2D eigenvalue weighted by atomic mass is 35.5. The van der Waals surface area contributed by atoms with Crippen molar-refractivity contribution in [2.45, 2.75) is 20.8 Å². The quantitative estimate of drug-likeness (QED) is 0.786. The maximum absolute atomic E-state index is 10.7. The summed E-state index contributed by atoms with van der Waals surface area (Å²) in [7, 11) is 0. The number of rotatable bonds is 3. The summed E-state index contributed by atoms with van der Waals surface area (Å²) < 4.78 is 5.75. The van der Waals surface area contributed by atoms with Crippen LogP contribution in [0.5, 0.6) is 10.9 Å². The summed E-state index contributed by atoms with van der Waals surface area (Å²) in [6, 6.07) is 4.04. The van der Waals surface area contributed by atoms with E-state index >= 15 is 0 Å². The zero-order valence-corrected chi connectivity index (χ0v) is 11.9. The van der Waals surface area contributed by atoms with Crippen LogP contribution in [-0.2, 0) is 0 Å². The van der Waals surface area contributed by atoms with Gasteiger partial charge in [0.1, 0.15) is 10.6 Å². The number of carbonyl (C=O) groups is 1. The number of aryl methyl sites for hydroxylation is 2. The van der Waals surface area contributed by atoms with Gasteiger partial charge in [0.05, 0.1) is 0 Å². The molecule has 0 atom stereocenters. The zero-order chi connectivity index (χ0) is 13.3. The van der Waals surface area contributed by atoms with Gasteiger partial charge < -0.3 is 4.74 Å². The molecule has 0 spiro atoms.